The van der Waals surface area contributed by atoms with Gasteiger partial charge < -0.3 is 15.1 Å². The molecule has 0 spiro atoms. The van der Waals surface area contributed by atoms with Crippen LogP contribution in [-0.2, 0) is 0 Å². The van der Waals surface area contributed by atoms with Crippen molar-refractivity contribution < 1.29 is 13.2 Å². The van der Waals surface area contributed by atoms with Crippen LogP contribution in [0.5, 0.6) is 0 Å². The predicted molar refractivity (Wildman–Crippen MR) is 76.9 cm³/mol. The van der Waals surface area contributed by atoms with Crippen LogP contribution in [-0.4, -0.2) is 54.4 Å². The van der Waals surface area contributed by atoms with E-state index in [1.165, 1.54) is 0 Å². The third-order valence-corrected chi connectivity index (χ3v) is 2.58. The van der Waals surface area contributed by atoms with E-state index in [0.29, 0.717) is 12.5 Å². The Morgan fingerprint density at radius 2 is 1.67 bits per heavy atom. The first-order valence-electron chi connectivity index (χ1n) is 6.64. The molecule has 0 atom stereocenters. The molecule has 0 saturated carbocycles. The highest BCUT2D eigenvalue weighted by atomic mass is 19.4. The van der Waals surface area contributed by atoms with Crippen molar-refractivity contribution in [2.45, 2.75) is 33.0 Å². The van der Waals surface area contributed by atoms with E-state index in [-0.39, 0.29) is 11.9 Å². The van der Waals surface area contributed by atoms with E-state index in [2.05, 4.69) is 20.3 Å². The number of nitrogens with zero attached hydrogens (tertiary/aromatic N) is 5. The van der Waals surface area contributed by atoms with E-state index >= 15 is 0 Å². The Morgan fingerprint density at radius 1 is 1.10 bits per heavy atom. The lowest BCUT2D eigenvalue weighted by molar-refractivity contribution is -0.120. The van der Waals surface area contributed by atoms with Crippen molar-refractivity contribution in [2.24, 2.45) is 0 Å². The smallest absolute Gasteiger partial charge is 0.354 e. The summed E-state index contributed by atoms with van der Waals surface area (Å²) < 4.78 is 38.2. The Labute approximate surface area is 122 Å². The number of rotatable bonds is 6. The van der Waals surface area contributed by atoms with Gasteiger partial charge in [-0.2, -0.15) is 28.1 Å². The van der Waals surface area contributed by atoms with Gasteiger partial charge >= 0.3 is 6.18 Å². The minimum atomic E-state index is -4.33. The summed E-state index contributed by atoms with van der Waals surface area (Å²) in [6.07, 6.45) is -4.33. The van der Waals surface area contributed by atoms with E-state index in [4.69, 9.17) is 0 Å². The van der Waals surface area contributed by atoms with Crippen LogP contribution in [0.3, 0.4) is 0 Å². The highest BCUT2D eigenvalue weighted by molar-refractivity contribution is 5.45. The first kappa shape index (κ1) is 17.3. The summed E-state index contributed by atoms with van der Waals surface area (Å²) >= 11 is 0. The molecule has 0 saturated heterocycles. The van der Waals surface area contributed by atoms with Gasteiger partial charge in [-0.1, -0.05) is 0 Å². The average Bonchev–Trinajstić information content (AvgIpc) is 2.34. The van der Waals surface area contributed by atoms with Gasteiger partial charge in [0.2, 0.25) is 17.8 Å². The molecule has 120 valence electrons. The fourth-order valence-corrected chi connectivity index (χ4v) is 1.60. The fraction of sp³-hybridized carbons (Fsp3) is 0.750. The van der Waals surface area contributed by atoms with Crippen LogP contribution in [0, 0.1) is 0 Å². The molecule has 1 aromatic rings. The largest absolute Gasteiger partial charge is 0.406 e. The van der Waals surface area contributed by atoms with Crippen molar-refractivity contribution in [3.63, 3.8) is 0 Å². The number of anilines is 3. The van der Waals surface area contributed by atoms with Crippen molar-refractivity contribution in [3.8, 4) is 0 Å². The van der Waals surface area contributed by atoms with Crippen LogP contribution in [0.15, 0.2) is 0 Å². The molecule has 1 aromatic heterocycles. The summed E-state index contributed by atoms with van der Waals surface area (Å²) in [6.45, 7) is 4.65. The summed E-state index contributed by atoms with van der Waals surface area (Å²) in [4.78, 5) is 15.1. The molecule has 1 N–H and O–H groups in total. The second-order valence-electron chi connectivity index (χ2n) is 5.02. The second kappa shape index (κ2) is 6.77. The predicted octanol–water partition coefficient (Wildman–Crippen LogP) is 2.15. The zero-order valence-electron chi connectivity index (χ0n) is 12.9. The molecule has 0 radical (unpaired) electrons. The maximum atomic E-state index is 12.7. The Hall–Kier alpha value is -1.80. The van der Waals surface area contributed by atoms with Crippen LogP contribution >= 0.6 is 0 Å². The van der Waals surface area contributed by atoms with Crippen molar-refractivity contribution >= 4 is 17.8 Å². The van der Waals surface area contributed by atoms with Crippen LogP contribution in [0.25, 0.3) is 0 Å². The lowest BCUT2D eigenvalue weighted by atomic mass is 10.3. The summed E-state index contributed by atoms with van der Waals surface area (Å²) in [6, 6.07) is -0.390. The molecule has 0 fully saturated rings. The molecule has 0 aliphatic carbocycles. The molecular weight excluding hydrogens is 285 g/mol. The van der Waals surface area contributed by atoms with E-state index in [1.807, 2.05) is 6.92 Å². The SMILES string of the molecule is CCNc1nc(N(C)C)nc(N(CC(F)(F)F)C(C)C)n1. The topological polar surface area (TPSA) is 57.2 Å². The quantitative estimate of drug-likeness (QED) is 0.869. The Balaban J connectivity index is 3.22. The number of hydrogen-bond donors (Lipinski definition) is 1. The van der Waals surface area contributed by atoms with Gasteiger partial charge in [0.1, 0.15) is 6.54 Å². The highest BCUT2D eigenvalue weighted by Gasteiger charge is 2.33. The van der Waals surface area contributed by atoms with Gasteiger partial charge in [-0.15, -0.1) is 0 Å². The third kappa shape index (κ3) is 5.24. The van der Waals surface area contributed by atoms with Gasteiger partial charge in [-0.05, 0) is 20.8 Å². The van der Waals surface area contributed by atoms with E-state index in [1.54, 1.807) is 32.8 Å². The van der Waals surface area contributed by atoms with E-state index < -0.39 is 18.8 Å². The van der Waals surface area contributed by atoms with Gasteiger partial charge in [-0.25, -0.2) is 0 Å². The Morgan fingerprint density at radius 3 is 2.10 bits per heavy atom. The van der Waals surface area contributed by atoms with E-state index in [0.717, 1.165) is 4.90 Å². The van der Waals surface area contributed by atoms with Crippen molar-refractivity contribution in [3.05, 3.63) is 0 Å². The number of nitrogens with one attached hydrogen (secondary N) is 1. The minimum Gasteiger partial charge on any atom is -0.354 e. The molecule has 0 unspecified atom stereocenters. The first-order valence-corrected chi connectivity index (χ1v) is 6.64. The number of aromatic nitrogens is 3. The average molecular weight is 306 g/mol. The minimum absolute atomic E-state index is 0.0111. The van der Waals surface area contributed by atoms with Gasteiger partial charge in [0.05, 0.1) is 0 Å². The number of hydrogen-bond acceptors (Lipinski definition) is 6. The fourth-order valence-electron chi connectivity index (χ4n) is 1.60. The summed E-state index contributed by atoms with van der Waals surface area (Å²) in [5.41, 5.74) is 0. The summed E-state index contributed by atoms with van der Waals surface area (Å²) in [7, 11) is 3.44. The van der Waals surface area contributed by atoms with Crippen molar-refractivity contribution in [2.75, 3.05) is 42.3 Å². The van der Waals surface area contributed by atoms with Crippen LogP contribution in [0.4, 0.5) is 31.0 Å². The summed E-state index contributed by atoms with van der Waals surface area (Å²) in [5, 5.41) is 2.90. The summed E-state index contributed by atoms with van der Waals surface area (Å²) in [5.74, 6) is 0.583. The lowest BCUT2D eigenvalue weighted by Gasteiger charge is -2.28. The molecule has 0 bridgehead atoms. The molecule has 0 aromatic carbocycles. The molecule has 9 heteroatoms. The van der Waals surface area contributed by atoms with Crippen LogP contribution < -0.4 is 15.1 Å². The van der Waals surface area contributed by atoms with Gasteiger partial charge in [0, 0.05) is 26.7 Å². The van der Waals surface area contributed by atoms with Gasteiger partial charge in [0.25, 0.3) is 0 Å². The number of halogens is 3. The molecule has 1 rings (SSSR count). The maximum absolute atomic E-state index is 12.7. The van der Waals surface area contributed by atoms with Crippen molar-refractivity contribution in [1.29, 1.82) is 0 Å². The highest BCUT2D eigenvalue weighted by Crippen LogP contribution is 2.23. The van der Waals surface area contributed by atoms with Gasteiger partial charge in [0.15, 0.2) is 0 Å². The number of alkyl halides is 3. The second-order valence-corrected chi connectivity index (χ2v) is 5.02. The standard InChI is InChI=1S/C12H21F3N6/c1-6-16-9-17-10(20(4)5)19-11(18-9)21(8(2)3)7-12(13,14)15/h8H,6-7H2,1-5H3,(H,16,17,18,19). The first-order chi connectivity index (χ1) is 9.64. The molecule has 21 heavy (non-hydrogen) atoms. The van der Waals surface area contributed by atoms with Crippen LogP contribution in [0.2, 0.25) is 0 Å². The zero-order chi connectivity index (χ0) is 16.2. The van der Waals surface area contributed by atoms with Gasteiger partial charge in [-0.3, -0.25) is 0 Å². The normalized spacial score (nSPS) is 11.7. The monoisotopic (exact) mass is 306 g/mol. The van der Waals surface area contributed by atoms with Crippen molar-refractivity contribution in [1.82, 2.24) is 15.0 Å². The Bertz CT molecular complexity index is 461. The lowest BCUT2D eigenvalue weighted by Crippen LogP contribution is -2.40. The molecule has 6 nitrogen and oxygen atoms in total. The zero-order valence-corrected chi connectivity index (χ0v) is 12.9. The molecule has 1 heterocycles. The molecule has 0 aliphatic heterocycles. The molecule has 0 amide bonds. The van der Waals surface area contributed by atoms with E-state index in [9.17, 15) is 13.2 Å². The Kier molecular flexibility index (Phi) is 5.56. The third-order valence-electron chi connectivity index (χ3n) is 2.58. The van der Waals surface area contributed by atoms with Crippen LogP contribution in [0.1, 0.15) is 20.8 Å². The molecule has 0 aliphatic rings. The molecular formula is C12H21F3N6. The maximum Gasteiger partial charge on any atom is 0.406 e.